The fraction of sp³-hybridized carbons (Fsp3) is 0.632. The van der Waals surface area contributed by atoms with Gasteiger partial charge in [0.05, 0.1) is 19.3 Å². The minimum Gasteiger partial charge on any atom is -0.387 e. The molecule has 1 saturated heterocycles. The summed E-state index contributed by atoms with van der Waals surface area (Å²) in [4.78, 5) is 14.5. The lowest BCUT2D eigenvalue weighted by Gasteiger charge is -2.35. The first-order chi connectivity index (χ1) is 12.0. The van der Waals surface area contributed by atoms with E-state index in [2.05, 4.69) is 21.6 Å². The third-order valence-electron chi connectivity index (χ3n) is 5.17. The lowest BCUT2D eigenvalue weighted by atomic mass is 10.0. The second-order valence-electron chi connectivity index (χ2n) is 7.32. The van der Waals surface area contributed by atoms with Crippen molar-refractivity contribution in [2.45, 2.75) is 38.3 Å². The van der Waals surface area contributed by atoms with Crippen LogP contribution in [0.25, 0.3) is 0 Å². The zero-order chi connectivity index (χ0) is 17.9. The number of aliphatic hydroxyl groups is 1. The molecule has 2 aliphatic rings. The molecule has 2 amide bonds. The molecule has 1 heterocycles. The van der Waals surface area contributed by atoms with E-state index in [0.29, 0.717) is 6.54 Å². The van der Waals surface area contributed by atoms with E-state index in [1.54, 1.807) is 0 Å². The predicted molar refractivity (Wildman–Crippen MR) is 96.6 cm³/mol. The van der Waals surface area contributed by atoms with Gasteiger partial charge in [-0.05, 0) is 32.3 Å². The monoisotopic (exact) mass is 347 g/mol. The molecule has 0 spiro atoms. The van der Waals surface area contributed by atoms with Crippen molar-refractivity contribution in [1.29, 1.82) is 0 Å². The lowest BCUT2D eigenvalue weighted by Crippen LogP contribution is -2.52. The van der Waals surface area contributed by atoms with E-state index in [-0.39, 0.29) is 18.1 Å². The number of nitrogens with one attached hydrogen (secondary N) is 2. The van der Waals surface area contributed by atoms with Crippen molar-refractivity contribution in [2.75, 3.05) is 39.4 Å². The molecule has 1 aromatic carbocycles. The summed E-state index contributed by atoms with van der Waals surface area (Å²) in [6, 6.07) is 5.75. The minimum atomic E-state index is -0.696. The highest BCUT2D eigenvalue weighted by Crippen LogP contribution is 2.41. The normalized spacial score (nSPS) is 20.8. The lowest BCUT2D eigenvalue weighted by molar-refractivity contribution is 0.0102. The molecule has 1 aromatic rings. The molecule has 6 heteroatoms. The van der Waals surface area contributed by atoms with E-state index in [9.17, 15) is 9.90 Å². The molecule has 3 N–H and O–H groups in total. The number of carbonyl (C=O) groups is 1. The van der Waals surface area contributed by atoms with Crippen molar-refractivity contribution in [3.8, 4) is 0 Å². The fourth-order valence-electron chi connectivity index (χ4n) is 3.60. The summed E-state index contributed by atoms with van der Waals surface area (Å²) in [7, 11) is 0. The van der Waals surface area contributed by atoms with Crippen LogP contribution in [0, 0.1) is 13.8 Å². The average Bonchev–Trinajstić information content (AvgIpc) is 3.39. The number of aryl methyl sites for hydroxylation is 2. The molecule has 1 aliphatic heterocycles. The van der Waals surface area contributed by atoms with Gasteiger partial charge in [-0.15, -0.1) is 0 Å². The first kappa shape index (κ1) is 18.2. The van der Waals surface area contributed by atoms with Gasteiger partial charge in [-0.1, -0.05) is 29.3 Å². The first-order valence-corrected chi connectivity index (χ1v) is 9.09. The van der Waals surface area contributed by atoms with Crippen molar-refractivity contribution in [3.05, 3.63) is 34.9 Å². The number of carbonyl (C=O) groups excluding carboxylic acids is 1. The van der Waals surface area contributed by atoms with Crippen molar-refractivity contribution in [3.63, 3.8) is 0 Å². The summed E-state index contributed by atoms with van der Waals surface area (Å²) in [5.74, 6) is 0. The summed E-state index contributed by atoms with van der Waals surface area (Å²) in [6.07, 6.45) is 1.55. The minimum absolute atomic E-state index is 0.118. The van der Waals surface area contributed by atoms with Crippen LogP contribution in [0.4, 0.5) is 4.79 Å². The highest BCUT2D eigenvalue weighted by molar-refractivity contribution is 5.74. The second kappa shape index (κ2) is 7.72. The fourth-order valence-corrected chi connectivity index (χ4v) is 3.60. The van der Waals surface area contributed by atoms with E-state index in [4.69, 9.17) is 4.74 Å². The maximum absolute atomic E-state index is 12.1. The van der Waals surface area contributed by atoms with Crippen LogP contribution in [0.1, 0.15) is 35.6 Å². The van der Waals surface area contributed by atoms with Crippen molar-refractivity contribution < 1.29 is 14.6 Å². The Kier molecular flexibility index (Phi) is 5.61. The Hall–Kier alpha value is -1.63. The smallest absolute Gasteiger partial charge is 0.314 e. The predicted octanol–water partition coefficient (Wildman–Crippen LogP) is 1.50. The standard InChI is InChI=1S/C19H29N3O3/c1-14-9-15(2)11-16(10-14)17(23)12-20-18(24)21-13-19(3-4-19)22-5-7-25-8-6-22/h9-11,17,23H,3-8,12-13H2,1-2H3,(H2,20,21,24)/t17-/m1/s1. The number of urea groups is 1. The molecule has 0 bridgehead atoms. The molecule has 0 unspecified atom stereocenters. The molecular formula is C19H29N3O3. The Bertz CT molecular complexity index is 590. The highest BCUT2D eigenvalue weighted by Gasteiger charge is 2.48. The van der Waals surface area contributed by atoms with Crippen molar-refractivity contribution >= 4 is 6.03 Å². The number of benzene rings is 1. The van der Waals surface area contributed by atoms with Gasteiger partial charge in [-0.3, -0.25) is 4.90 Å². The van der Waals surface area contributed by atoms with Gasteiger partial charge < -0.3 is 20.5 Å². The largest absolute Gasteiger partial charge is 0.387 e. The highest BCUT2D eigenvalue weighted by atomic mass is 16.5. The summed E-state index contributed by atoms with van der Waals surface area (Å²) >= 11 is 0. The van der Waals surface area contributed by atoms with Gasteiger partial charge in [0.2, 0.25) is 0 Å². The Balaban J connectivity index is 1.43. The van der Waals surface area contributed by atoms with Gasteiger partial charge in [0, 0.05) is 31.7 Å². The van der Waals surface area contributed by atoms with E-state index in [1.807, 2.05) is 26.0 Å². The molecular weight excluding hydrogens is 318 g/mol. The van der Waals surface area contributed by atoms with Crippen molar-refractivity contribution in [1.82, 2.24) is 15.5 Å². The van der Waals surface area contributed by atoms with E-state index >= 15 is 0 Å². The number of nitrogens with zero attached hydrogens (tertiary/aromatic N) is 1. The molecule has 1 aliphatic carbocycles. The van der Waals surface area contributed by atoms with Gasteiger partial charge in [0.15, 0.2) is 0 Å². The maximum atomic E-state index is 12.1. The zero-order valence-electron chi connectivity index (χ0n) is 15.2. The van der Waals surface area contributed by atoms with Crippen LogP contribution in [0.15, 0.2) is 18.2 Å². The molecule has 25 heavy (non-hydrogen) atoms. The topological polar surface area (TPSA) is 73.8 Å². The number of morpholine rings is 1. The van der Waals surface area contributed by atoms with Crippen LogP contribution in [-0.2, 0) is 4.74 Å². The van der Waals surface area contributed by atoms with Crippen LogP contribution in [0.2, 0.25) is 0 Å². The Labute approximate surface area is 149 Å². The number of hydrogen-bond acceptors (Lipinski definition) is 4. The van der Waals surface area contributed by atoms with Crippen LogP contribution in [0.3, 0.4) is 0 Å². The number of rotatable bonds is 6. The number of amides is 2. The number of aliphatic hydroxyl groups excluding tert-OH is 1. The number of hydrogen-bond donors (Lipinski definition) is 3. The zero-order valence-corrected chi connectivity index (χ0v) is 15.2. The summed E-state index contributed by atoms with van der Waals surface area (Å²) < 4.78 is 5.40. The first-order valence-electron chi connectivity index (χ1n) is 9.09. The molecule has 1 atom stereocenters. The van der Waals surface area contributed by atoms with Crippen LogP contribution in [-0.4, -0.2) is 61.0 Å². The summed E-state index contributed by atoms with van der Waals surface area (Å²) in [5, 5.41) is 16.0. The second-order valence-corrected chi connectivity index (χ2v) is 7.32. The van der Waals surface area contributed by atoms with Gasteiger partial charge in [-0.2, -0.15) is 0 Å². The molecule has 2 fully saturated rings. The third-order valence-corrected chi connectivity index (χ3v) is 5.17. The molecule has 0 aromatic heterocycles. The molecule has 138 valence electrons. The molecule has 3 rings (SSSR count). The average molecular weight is 347 g/mol. The summed E-state index contributed by atoms with van der Waals surface area (Å²) in [6.45, 7) is 8.29. The Morgan fingerprint density at radius 1 is 1.20 bits per heavy atom. The van der Waals surface area contributed by atoms with Gasteiger partial charge in [-0.25, -0.2) is 4.79 Å². The molecule has 6 nitrogen and oxygen atoms in total. The molecule has 1 saturated carbocycles. The van der Waals surface area contributed by atoms with Crippen LogP contribution >= 0.6 is 0 Å². The van der Waals surface area contributed by atoms with Crippen molar-refractivity contribution in [2.24, 2.45) is 0 Å². The quantitative estimate of drug-likeness (QED) is 0.729. The van der Waals surface area contributed by atoms with Gasteiger partial charge >= 0.3 is 6.03 Å². The third kappa shape index (κ3) is 4.71. The van der Waals surface area contributed by atoms with E-state index in [0.717, 1.165) is 55.8 Å². The Morgan fingerprint density at radius 3 is 2.44 bits per heavy atom. The van der Waals surface area contributed by atoms with Gasteiger partial charge in [0.25, 0.3) is 0 Å². The van der Waals surface area contributed by atoms with Crippen LogP contribution < -0.4 is 10.6 Å². The van der Waals surface area contributed by atoms with E-state index in [1.165, 1.54) is 0 Å². The Morgan fingerprint density at radius 2 is 1.84 bits per heavy atom. The van der Waals surface area contributed by atoms with Gasteiger partial charge in [0.1, 0.15) is 0 Å². The number of ether oxygens (including phenoxy) is 1. The van der Waals surface area contributed by atoms with E-state index < -0.39 is 6.10 Å². The SMILES string of the molecule is Cc1cc(C)cc([C@H](O)CNC(=O)NCC2(N3CCOCC3)CC2)c1. The van der Waals surface area contributed by atoms with Crippen LogP contribution in [0.5, 0.6) is 0 Å². The molecule has 0 radical (unpaired) electrons. The summed E-state index contributed by atoms with van der Waals surface area (Å²) in [5.41, 5.74) is 3.18. The maximum Gasteiger partial charge on any atom is 0.314 e.